The number of nitrogens with zero attached hydrogens (tertiary/aromatic N) is 1. The molecule has 0 N–H and O–H groups in total. The second-order valence-corrected chi connectivity index (χ2v) is 5.38. The van der Waals surface area contributed by atoms with Gasteiger partial charge < -0.3 is 4.74 Å². The highest BCUT2D eigenvalue weighted by Crippen LogP contribution is 2.31. The summed E-state index contributed by atoms with van der Waals surface area (Å²) in [6.45, 7) is 3.87. The van der Waals surface area contributed by atoms with Crippen LogP contribution in [-0.4, -0.2) is 18.1 Å². The standard InChI is InChI=1S/C13H19NO6P/c1-4-5-10(2)20-21(17)19-9-11-6-7-12(14(15)16)13(8-11)18-3/h6-8,10H,4-5,9H2,1-3H3/q+1. The van der Waals surface area contributed by atoms with Crippen LogP contribution in [0.2, 0.25) is 0 Å². The summed E-state index contributed by atoms with van der Waals surface area (Å²) in [5.41, 5.74) is 0.492. The number of methoxy groups -OCH3 is 1. The first-order valence-corrected chi connectivity index (χ1v) is 7.65. The lowest BCUT2D eigenvalue weighted by Gasteiger charge is -2.03. The van der Waals surface area contributed by atoms with Gasteiger partial charge in [0.15, 0.2) is 5.75 Å². The molecule has 1 aromatic carbocycles. The normalized spacial score (nSPS) is 12.8. The van der Waals surface area contributed by atoms with Gasteiger partial charge in [-0.1, -0.05) is 13.3 Å². The van der Waals surface area contributed by atoms with E-state index in [2.05, 4.69) is 0 Å². The predicted molar refractivity (Wildman–Crippen MR) is 77.5 cm³/mol. The molecule has 1 rings (SSSR count). The molecule has 0 spiro atoms. The van der Waals surface area contributed by atoms with Gasteiger partial charge in [-0.25, -0.2) is 0 Å². The van der Waals surface area contributed by atoms with Gasteiger partial charge in [-0.3, -0.25) is 10.1 Å². The molecule has 1 aromatic rings. The fourth-order valence-electron chi connectivity index (χ4n) is 1.73. The Morgan fingerprint density at radius 3 is 2.71 bits per heavy atom. The maximum Gasteiger partial charge on any atom is 0.698 e. The molecule has 0 aromatic heterocycles. The molecule has 21 heavy (non-hydrogen) atoms. The fraction of sp³-hybridized carbons (Fsp3) is 0.538. The van der Waals surface area contributed by atoms with Crippen LogP contribution in [0.15, 0.2) is 18.2 Å². The van der Waals surface area contributed by atoms with Gasteiger partial charge in [0.05, 0.1) is 12.0 Å². The Morgan fingerprint density at radius 1 is 1.43 bits per heavy atom. The zero-order valence-corrected chi connectivity index (χ0v) is 13.2. The first kappa shape index (κ1) is 17.5. The SMILES string of the molecule is CCCC(C)O[P+](=O)OCc1ccc([N+](=O)[O-])c(OC)c1. The quantitative estimate of drug-likeness (QED) is 0.389. The summed E-state index contributed by atoms with van der Waals surface area (Å²) in [6, 6.07) is 4.33. The molecule has 0 amide bonds. The van der Waals surface area contributed by atoms with Crippen molar-refractivity contribution in [3.05, 3.63) is 33.9 Å². The van der Waals surface area contributed by atoms with E-state index in [4.69, 9.17) is 13.8 Å². The van der Waals surface area contributed by atoms with Crippen molar-refractivity contribution >= 4 is 13.9 Å². The molecule has 116 valence electrons. The molecule has 0 bridgehead atoms. The van der Waals surface area contributed by atoms with Crippen molar-refractivity contribution < 1.29 is 23.3 Å². The molecule has 0 aliphatic heterocycles. The van der Waals surface area contributed by atoms with Crippen molar-refractivity contribution in [3.8, 4) is 5.75 Å². The van der Waals surface area contributed by atoms with Crippen molar-refractivity contribution in [2.24, 2.45) is 0 Å². The molecule has 0 heterocycles. The van der Waals surface area contributed by atoms with Gasteiger partial charge in [-0.15, -0.1) is 9.05 Å². The monoisotopic (exact) mass is 316 g/mol. The maximum absolute atomic E-state index is 11.6. The second-order valence-electron chi connectivity index (χ2n) is 4.47. The van der Waals surface area contributed by atoms with Crippen LogP contribution in [0.3, 0.4) is 0 Å². The highest BCUT2D eigenvalue weighted by Gasteiger charge is 2.25. The summed E-state index contributed by atoms with van der Waals surface area (Å²) in [4.78, 5) is 10.2. The van der Waals surface area contributed by atoms with Gasteiger partial charge in [-0.2, -0.15) is 0 Å². The molecule has 0 fully saturated rings. The Kier molecular flexibility index (Phi) is 7.22. The van der Waals surface area contributed by atoms with E-state index in [9.17, 15) is 14.7 Å². The lowest BCUT2D eigenvalue weighted by Crippen LogP contribution is -2.02. The fourth-order valence-corrected chi connectivity index (χ4v) is 2.44. The Morgan fingerprint density at radius 2 is 2.14 bits per heavy atom. The van der Waals surface area contributed by atoms with Gasteiger partial charge in [0.2, 0.25) is 0 Å². The van der Waals surface area contributed by atoms with Crippen molar-refractivity contribution in [2.45, 2.75) is 39.4 Å². The molecular formula is C13H19NO6P+. The molecule has 0 saturated heterocycles. The smallest absolute Gasteiger partial charge is 0.490 e. The Hall–Kier alpha value is -1.56. The van der Waals surface area contributed by atoms with E-state index in [0.717, 1.165) is 12.8 Å². The maximum atomic E-state index is 11.6. The van der Waals surface area contributed by atoms with E-state index < -0.39 is 13.2 Å². The van der Waals surface area contributed by atoms with Gasteiger partial charge in [0, 0.05) is 10.6 Å². The molecule has 2 unspecified atom stereocenters. The van der Waals surface area contributed by atoms with E-state index >= 15 is 0 Å². The van der Waals surface area contributed by atoms with Crippen LogP contribution in [0.1, 0.15) is 32.3 Å². The van der Waals surface area contributed by atoms with Crippen LogP contribution in [0, 0.1) is 10.1 Å². The van der Waals surface area contributed by atoms with Gasteiger partial charge >= 0.3 is 13.9 Å². The minimum atomic E-state index is -2.21. The number of nitro groups is 1. The average Bonchev–Trinajstić information content (AvgIpc) is 2.44. The molecule has 2 atom stereocenters. The van der Waals surface area contributed by atoms with Crippen molar-refractivity contribution in [1.29, 1.82) is 0 Å². The first-order chi connectivity index (χ1) is 9.97. The van der Waals surface area contributed by atoms with E-state index in [-0.39, 0.29) is 24.1 Å². The third-order valence-electron chi connectivity index (χ3n) is 2.74. The molecule has 0 aliphatic carbocycles. The zero-order valence-electron chi connectivity index (χ0n) is 12.3. The van der Waals surface area contributed by atoms with Crippen LogP contribution in [0.4, 0.5) is 5.69 Å². The summed E-state index contributed by atoms with van der Waals surface area (Å²) < 4.78 is 26.8. The third kappa shape index (κ3) is 5.75. The molecular weight excluding hydrogens is 297 g/mol. The predicted octanol–water partition coefficient (Wildman–Crippen LogP) is 3.98. The number of benzene rings is 1. The van der Waals surface area contributed by atoms with E-state index in [1.165, 1.54) is 25.3 Å². The average molecular weight is 316 g/mol. The van der Waals surface area contributed by atoms with Crippen molar-refractivity contribution in [3.63, 3.8) is 0 Å². The van der Waals surface area contributed by atoms with Gasteiger partial charge in [-0.05, 0) is 31.0 Å². The molecule has 0 saturated carbocycles. The Balaban J connectivity index is 2.59. The summed E-state index contributed by atoms with van der Waals surface area (Å²) >= 11 is 0. The van der Waals surface area contributed by atoms with Crippen LogP contribution in [-0.2, 0) is 20.2 Å². The lowest BCUT2D eigenvalue weighted by atomic mass is 10.2. The highest BCUT2D eigenvalue weighted by atomic mass is 31.1. The first-order valence-electron chi connectivity index (χ1n) is 6.56. The van der Waals surface area contributed by atoms with Crippen LogP contribution < -0.4 is 4.74 Å². The van der Waals surface area contributed by atoms with Crippen LogP contribution in [0.5, 0.6) is 5.75 Å². The molecule has 7 nitrogen and oxygen atoms in total. The molecule has 0 aliphatic rings. The van der Waals surface area contributed by atoms with E-state index in [1.54, 1.807) is 0 Å². The van der Waals surface area contributed by atoms with Gasteiger partial charge in [0.1, 0.15) is 12.7 Å². The van der Waals surface area contributed by atoms with Crippen LogP contribution in [0.25, 0.3) is 0 Å². The summed E-state index contributed by atoms with van der Waals surface area (Å²) in [6.07, 6.45) is 1.60. The molecule has 8 heteroatoms. The summed E-state index contributed by atoms with van der Waals surface area (Å²) in [5.74, 6) is 0.136. The van der Waals surface area contributed by atoms with Crippen molar-refractivity contribution in [2.75, 3.05) is 7.11 Å². The van der Waals surface area contributed by atoms with E-state index in [0.29, 0.717) is 5.56 Å². The third-order valence-corrected chi connectivity index (χ3v) is 3.61. The largest absolute Gasteiger partial charge is 0.698 e. The zero-order chi connectivity index (χ0) is 15.8. The summed E-state index contributed by atoms with van der Waals surface area (Å²) in [5, 5.41) is 10.8. The molecule has 0 radical (unpaired) electrons. The van der Waals surface area contributed by atoms with Crippen LogP contribution >= 0.6 is 8.25 Å². The number of hydrogen-bond acceptors (Lipinski definition) is 6. The number of nitro benzene ring substituents is 1. The Labute approximate surface area is 124 Å². The number of hydrogen-bond donors (Lipinski definition) is 0. The Bertz CT molecular complexity index is 507. The second kappa shape index (κ2) is 8.67. The minimum absolute atomic E-state index is 0.0302. The lowest BCUT2D eigenvalue weighted by molar-refractivity contribution is -0.385. The highest BCUT2D eigenvalue weighted by molar-refractivity contribution is 7.33. The number of ether oxygens (including phenoxy) is 1. The topological polar surface area (TPSA) is 87.9 Å². The van der Waals surface area contributed by atoms with Crippen molar-refractivity contribution in [1.82, 2.24) is 0 Å². The summed E-state index contributed by atoms with van der Waals surface area (Å²) in [7, 11) is -0.864. The minimum Gasteiger partial charge on any atom is -0.490 e. The van der Waals surface area contributed by atoms with E-state index in [1.807, 2.05) is 13.8 Å². The number of rotatable bonds is 9. The van der Waals surface area contributed by atoms with Gasteiger partial charge in [0.25, 0.3) is 0 Å².